The molecule has 3 nitrogen and oxygen atoms in total. The van der Waals surface area contributed by atoms with Gasteiger partial charge in [0.1, 0.15) is 5.82 Å². The van der Waals surface area contributed by atoms with E-state index in [2.05, 4.69) is 29.5 Å². The van der Waals surface area contributed by atoms with Gasteiger partial charge in [-0.15, -0.1) is 11.6 Å². The van der Waals surface area contributed by atoms with Crippen LogP contribution >= 0.6 is 11.6 Å². The Labute approximate surface area is 119 Å². The Morgan fingerprint density at radius 1 is 1.32 bits per heavy atom. The van der Waals surface area contributed by atoms with Crippen molar-refractivity contribution in [3.63, 3.8) is 0 Å². The number of halogens is 1. The molecular weight excluding hydrogens is 260 g/mol. The van der Waals surface area contributed by atoms with E-state index in [1.807, 2.05) is 25.1 Å². The molecule has 0 aliphatic heterocycles. The van der Waals surface area contributed by atoms with E-state index in [4.69, 9.17) is 16.3 Å². The van der Waals surface area contributed by atoms with Crippen LogP contribution in [0.25, 0.3) is 11.0 Å². The molecule has 1 aromatic carbocycles. The predicted octanol–water partition coefficient (Wildman–Crippen LogP) is 3.63. The maximum Gasteiger partial charge on any atom is 0.111 e. The van der Waals surface area contributed by atoms with Crippen LogP contribution in [0.5, 0.6) is 0 Å². The average Bonchev–Trinajstić information content (AvgIpc) is 2.68. The molecule has 0 fully saturated rings. The topological polar surface area (TPSA) is 27.1 Å². The van der Waals surface area contributed by atoms with Crippen molar-refractivity contribution in [2.24, 2.45) is 0 Å². The minimum absolute atomic E-state index is 0.209. The first kappa shape index (κ1) is 14.4. The molecule has 0 saturated carbocycles. The van der Waals surface area contributed by atoms with Gasteiger partial charge in [0.25, 0.3) is 0 Å². The second-order valence-electron chi connectivity index (χ2n) is 5.23. The Morgan fingerprint density at radius 2 is 2.05 bits per heavy atom. The standard InChI is InChI=1S/C15H21ClN2O/c1-4-19-15(2,3)11-18-13-8-6-5-7-12(13)17-14(18)9-10-16/h5-8H,4,9-11H2,1-3H3. The van der Waals surface area contributed by atoms with Crippen LogP contribution < -0.4 is 0 Å². The van der Waals surface area contributed by atoms with Crippen LogP contribution in [-0.4, -0.2) is 27.6 Å². The Bertz CT molecular complexity index is 548. The fourth-order valence-electron chi connectivity index (χ4n) is 2.39. The van der Waals surface area contributed by atoms with E-state index in [0.717, 1.165) is 29.8 Å². The van der Waals surface area contributed by atoms with Gasteiger partial charge in [0.15, 0.2) is 0 Å². The quantitative estimate of drug-likeness (QED) is 0.756. The third kappa shape index (κ3) is 3.28. The van der Waals surface area contributed by atoms with Crippen molar-refractivity contribution in [1.29, 1.82) is 0 Å². The first-order valence-corrected chi connectivity index (χ1v) is 7.25. The summed E-state index contributed by atoms with van der Waals surface area (Å²) in [5.41, 5.74) is 1.96. The summed E-state index contributed by atoms with van der Waals surface area (Å²) >= 11 is 5.88. The van der Waals surface area contributed by atoms with Crippen LogP contribution in [0.3, 0.4) is 0 Å². The molecule has 0 spiro atoms. The molecule has 0 bridgehead atoms. The highest BCUT2D eigenvalue weighted by atomic mass is 35.5. The number of hydrogen-bond acceptors (Lipinski definition) is 2. The first-order valence-electron chi connectivity index (χ1n) is 6.71. The zero-order chi connectivity index (χ0) is 13.9. The van der Waals surface area contributed by atoms with E-state index in [-0.39, 0.29) is 5.60 Å². The van der Waals surface area contributed by atoms with Crippen LogP contribution in [0.2, 0.25) is 0 Å². The minimum atomic E-state index is -0.209. The summed E-state index contributed by atoms with van der Waals surface area (Å²) < 4.78 is 8.03. The maximum atomic E-state index is 5.88. The van der Waals surface area contributed by atoms with E-state index >= 15 is 0 Å². The lowest BCUT2D eigenvalue weighted by Crippen LogP contribution is -2.31. The van der Waals surface area contributed by atoms with Gasteiger partial charge < -0.3 is 9.30 Å². The number of hydrogen-bond donors (Lipinski definition) is 0. The number of fused-ring (bicyclic) bond motifs is 1. The number of imidazole rings is 1. The molecule has 0 aliphatic rings. The highest BCUT2D eigenvalue weighted by Gasteiger charge is 2.21. The van der Waals surface area contributed by atoms with Gasteiger partial charge in [-0.1, -0.05) is 12.1 Å². The predicted molar refractivity (Wildman–Crippen MR) is 79.9 cm³/mol. The molecule has 0 atom stereocenters. The third-order valence-electron chi connectivity index (χ3n) is 3.13. The van der Waals surface area contributed by atoms with Crippen LogP contribution in [0.4, 0.5) is 0 Å². The maximum absolute atomic E-state index is 5.88. The number of nitrogens with zero attached hydrogens (tertiary/aromatic N) is 2. The Hall–Kier alpha value is -1.06. The molecule has 0 unspecified atom stereocenters. The lowest BCUT2D eigenvalue weighted by atomic mass is 10.1. The highest BCUT2D eigenvalue weighted by molar-refractivity contribution is 6.17. The molecule has 2 aromatic rings. The molecule has 0 saturated heterocycles. The zero-order valence-corrected chi connectivity index (χ0v) is 12.6. The molecule has 0 radical (unpaired) electrons. The average molecular weight is 281 g/mol. The summed E-state index contributed by atoms with van der Waals surface area (Å²) in [5, 5.41) is 0. The van der Waals surface area contributed by atoms with E-state index in [1.165, 1.54) is 0 Å². The summed E-state index contributed by atoms with van der Waals surface area (Å²) in [7, 11) is 0. The van der Waals surface area contributed by atoms with Gasteiger partial charge in [0, 0.05) is 18.9 Å². The second kappa shape index (κ2) is 5.93. The first-order chi connectivity index (χ1) is 9.07. The molecule has 1 aromatic heterocycles. The lowest BCUT2D eigenvalue weighted by Gasteiger charge is -2.26. The minimum Gasteiger partial charge on any atom is -0.374 e. The van der Waals surface area contributed by atoms with Crippen LogP contribution in [0, 0.1) is 0 Å². The number of para-hydroxylation sites is 2. The van der Waals surface area contributed by atoms with Crippen molar-refractivity contribution >= 4 is 22.6 Å². The molecular formula is C15H21ClN2O. The Morgan fingerprint density at radius 3 is 2.74 bits per heavy atom. The van der Waals surface area contributed by atoms with Gasteiger partial charge in [0.05, 0.1) is 23.2 Å². The van der Waals surface area contributed by atoms with E-state index in [1.54, 1.807) is 0 Å². The largest absolute Gasteiger partial charge is 0.374 e. The summed E-state index contributed by atoms with van der Waals surface area (Å²) in [4.78, 5) is 4.67. The molecule has 19 heavy (non-hydrogen) atoms. The monoisotopic (exact) mass is 280 g/mol. The molecule has 0 N–H and O–H groups in total. The van der Waals surface area contributed by atoms with Crippen molar-refractivity contribution in [2.75, 3.05) is 12.5 Å². The van der Waals surface area contributed by atoms with Crippen molar-refractivity contribution in [1.82, 2.24) is 9.55 Å². The third-order valence-corrected chi connectivity index (χ3v) is 3.31. The van der Waals surface area contributed by atoms with Crippen molar-refractivity contribution in [2.45, 2.75) is 39.3 Å². The van der Waals surface area contributed by atoms with Crippen LogP contribution in [-0.2, 0) is 17.7 Å². The molecule has 0 amide bonds. The van der Waals surface area contributed by atoms with Crippen LogP contribution in [0.1, 0.15) is 26.6 Å². The van der Waals surface area contributed by atoms with Gasteiger partial charge in [-0.2, -0.15) is 0 Å². The molecule has 4 heteroatoms. The summed E-state index contributed by atoms with van der Waals surface area (Å²) in [6.07, 6.45) is 0.776. The van der Waals surface area contributed by atoms with E-state index < -0.39 is 0 Å². The summed E-state index contributed by atoms with van der Waals surface area (Å²) in [6, 6.07) is 8.19. The number of alkyl halides is 1. The van der Waals surface area contributed by atoms with Gasteiger partial charge in [-0.25, -0.2) is 4.98 Å². The van der Waals surface area contributed by atoms with Crippen molar-refractivity contribution < 1.29 is 4.74 Å². The normalized spacial score (nSPS) is 12.2. The number of aromatic nitrogens is 2. The van der Waals surface area contributed by atoms with E-state index in [0.29, 0.717) is 12.5 Å². The van der Waals surface area contributed by atoms with Gasteiger partial charge in [-0.3, -0.25) is 0 Å². The van der Waals surface area contributed by atoms with Crippen molar-refractivity contribution in [3.05, 3.63) is 30.1 Å². The van der Waals surface area contributed by atoms with Crippen molar-refractivity contribution in [3.8, 4) is 0 Å². The second-order valence-corrected chi connectivity index (χ2v) is 5.61. The zero-order valence-electron chi connectivity index (χ0n) is 11.8. The highest BCUT2D eigenvalue weighted by Crippen LogP contribution is 2.21. The Balaban J connectivity index is 2.41. The fourth-order valence-corrected chi connectivity index (χ4v) is 2.56. The molecule has 2 rings (SSSR count). The van der Waals surface area contributed by atoms with Gasteiger partial charge in [0.2, 0.25) is 0 Å². The molecule has 1 heterocycles. The SMILES string of the molecule is CCOC(C)(C)Cn1c(CCCl)nc2ccccc21. The fraction of sp³-hybridized carbons (Fsp3) is 0.533. The Kier molecular flexibility index (Phi) is 4.48. The molecule has 104 valence electrons. The van der Waals surface area contributed by atoms with Gasteiger partial charge >= 0.3 is 0 Å². The smallest absolute Gasteiger partial charge is 0.111 e. The number of aryl methyl sites for hydroxylation is 1. The van der Waals surface area contributed by atoms with Crippen LogP contribution in [0.15, 0.2) is 24.3 Å². The number of benzene rings is 1. The number of ether oxygens (including phenoxy) is 1. The number of rotatable bonds is 6. The lowest BCUT2D eigenvalue weighted by molar-refractivity contribution is -0.0221. The summed E-state index contributed by atoms with van der Waals surface area (Å²) in [6.45, 7) is 7.73. The van der Waals surface area contributed by atoms with Gasteiger partial charge in [-0.05, 0) is 32.9 Å². The molecule has 0 aliphatic carbocycles. The summed E-state index contributed by atoms with van der Waals surface area (Å²) in [5.74, 6) is 1.61. The van der Waals surface area contributed by atoms with E-state index in [9.17, 15) is 0 Å².